The van der Waals surface area contributed by atoms with Crippen LogP contribution in [-0.2, 0) is 9.59 Å². The van der Waals surface area contributed by atoms with Crippen molar-refractivity contribution in [3.05, 3.63) is 12.7 Å². The molecule has 1 atom stereocenters. The van der Waals surface area contributed by atoms with E-state index in [1.807, 2.05) is 19.9 Å². The number of aliphatic carboxylic acids is 1. The van der Waals surface area contributed by atoms with Gasteiger partial charge in [0.05, 0.1) is 0 Å². The van der Waals surface area contributed by atoms with Crippen molar-refractivity contribution in [1.82, 2.24) is 0 Å². The molecule has 0 bridgehead atoms. The zero-order valence-electron chi connectivity index (χ0n) is 10.5. The molecule has 0 amide bonds. The monoisotopic (exact) mass is 226 g/mol. The SMILES string of the molecule is C=CC(C)CCCC(C)(C)C(=O)CC(=O)O. The fourth-order valence-electron chi connectivity index (χ4n) is 1.50. The van der Waals surface area contributed by atoms with E-state index in [4.69, 9.17) is 5.11 Å². The summed E-state index contributed by atoms with van der Waals surface area (Å²) < 4.78 is 0. The van der Waals surface area contributed by atoms with E-state index in [1.165, 1.54) is 0 Å². The maximum atomic E-state index is 11.6. The molecule has 0 saturated carbocycles. The van der Waals surface area contributed by atoms with Crippen molar-refractivity contribution in [2.24, 2.45) is 11.3 Å². The van der Waals surface area contributed by atoms with Crippen molar-refractivity contribution in [2.75, 3.05) is 0 Å². The first-order valence-corrected chi connectivity index (χ1v) is 5.67. The third-order valence-corrected chi connectivity index (χ3v) is 2.93. The molecule has 0 fully saturated rings. The van der Waals surface area contributed by atoms with Gasteiger partial charge in [-0.1, -0.05) is 33.3 Å². The molecule has 92 valence electrons. The van der Waals surface area contributed by atoms with Crippen molar-refractivity contribution >= 4 is 11.8 Å². The lowest BCUT2D eigenvalue weighted by Gasteiger charge is -2.22. The summed E-state index contributed by atoms with van der Waals surface area (Å²) in [5, 5.41) is 8.56. The first kappa shape index (κ1) is 14.9. The van der Waals surface area contributed by atoms with Crippen LogP contribution in [0.4, 0.5) is 0 Å². The molecule has 0 saturated heterocycles. The zero-order valence-corrected chi connectivity index (χ0v) is 10.5. The summed E-state index contributed by atoms with van der Waals surface area (Å²) in [6.45, 7) is 9.42. The first-order chi connectivity index (χ1) is 7.29. The summed E-state index contributed by atoms with van der Waals surface area (Å²) in [6, 6.07) is 0. The average Bonchev–Trinajstić information content (AvgIpc) is 2.16. The first-order valence-electron chi connectivity index (χ1n) is 5.67. The highest BCUT2D eigenvalue weighted by Gasteiger charge is 2.28. The van der Waals surface area contributed by atoms with Gasteiger partial charge in [-0.05, 0) is 18.8 Å². The van der Waals surface area contributed by atoms with Crippen LogP contribution in [-0.4, -0.2) is 16.9 Å². The Labute approximate surface area is 97.5 Å². The highest BCUT2D eigenvalue weighted by molar-refractivity contribution is 5.97. The van der Waals surface area contributed by atoms with Crippen LogP contribution >= 0.6 is 0 Å². The van der Waals surface area contributed by atoms with Gasteiger partial charge in [0.2, 0.25) is 0 Å². The molecular weight excluding hydrogens is 204 g/mol. The Bertz CT molecular complexity index is 266. The lowest BCUT2D eigenvalue weighted by Crippen LogP contribution is -2.26. The largest absolute Gasteiger partial charge is 0.481 e. The van der Waals surface area contributed by atoms with Gasteiger partial charge in [0.15, 0.2) is 0 Å². The number of carbonyl (C=O) groups is 2. The number of carbonyl (C=O) groups excluding carboxylic acids is 1. The summed E-state index contributed by atoms with van der Waals surface area (Å²) in [7, 11) is 0. The van der Waals surface area contributed by atoms with E-state index in [-0.39, 0.29) is 12.2 Å². The van der Waals surface area contributed by atoms with Crippen LogP contribution in [0.3, 0.4) is 0 Å². The minimum absolute atomic E-state index is 0.189. The second-order valence-corrected chi connectivity index (χ2v) is 4.98. The quantitative estimate of drug-likeness (QED) is 0.511. The molecule has 0 aliphatic rings. The van der Waals surface area contributed by atoms with Crippen LogP contribution in [0.2, 0.25) is 0 Å². The molecule has 0 heterocycles. The van der Waals surface area contributed by atoms with Crippen molar-refractivity contribution < 1.29 is 14.7 Å². The summed E-state index contributed by atoms with van der Waals surface area (Å²) in [5.74, 6) is -0.783. The number of ketones is 1. The second-order valence-electron chi connectivity index (χ2n) is 4.98. The molecule has 0 radical (unpaired) electrons. The van der Waals surface area contributed by atoms with Gasteiger partial charge in [-0.2, -0.15) is 0 Å². The van der Waals surface area contributed by atoms with Crippen LogP contribution in [0.25, 0.3) is 0 Å². The van der Waals surface area contributed by atoms with Gasteiger partial charge in [0.25, 0.3) is 0 Å². The predicted octanol–water partition coefficient (Wildman–Crippen LogP) is 3.05. The van der Waals surface area contributed by atoms with E-state index in [1.54, 1.807) is 0 Å². The Morgan fingerprint density at radius 2 is 2.00 bits per heavy atom. The maximum Gasteiger partial charge on any atom is 0.310 e. The zero-order chi connectivity index (χ0) is 12.8. The minimum atomic E-state index is -1.04. The number of carboxylic acid groups (broad SMARTS) is 1. The Morgan fingerprint density at radius 3 is 2.44 bits per heavy atom. The van der Waals surface area contributed by atoms with Crippen molar-refractivity contribution in [2.45, 2.75) is 46.5 Å². The van der Waals surface area contributed by atoms with Gasteiger partial charge in [0.1, 0.15) is 12.2 Å². The van der Waals surface area contributed by atoms with Gasteiger partial charge >= 0.3 is 5.97 Å². The van der Waals surface area contributed by atoms with E-state index < -0.39 is 11.4 Å². The number of allylic oxidation sites excluding steroid dienone is 1. The summed E-state index contributed by atoms with van der Waals surface area (Å²) in [4.78, 5) is 22.1. The molecule has 3 heteroatoms. The van der Waals surface area contributed by atoms with E-state index >= 15 is 0 Å². The van der Waals surface area contributed by atoms with Crippen molar-refractivity contribution in [1.29, 1.82) is 0 Å². The number of hydrogen-bond donors (Lipinski definition) is 1. The number of hydrogen-bond acceptors (Lipinski definition) is 2. The molecule has 3 nitrogen and oxygen atoms in total. The van der Waals surface area contributed by atoms with E-state index in [2.05, 4.69) is 13.5 Å². The fourth-order valence-corrected chi connectivity index (χ4v) is 1.50. The van der Waals surface area contributed by atoms with E-state index in [9.17, 15) is 9.59 Å². The van der Waals surface area contributed by atoms with Gasteiger partial charge < -0.3 is 5.11 Å². The highest BCUT2D eigenvalue weighted by Crippen LogP contribution is 2.27. The number of carboxylic acids is 1. The smallest absolute Gasteiger partial charge is 0.310 e. The van der Waals surface area contributed by atoms with Gasteiger partial charge in [-0.3, -0.25) is 9.59 Å². The van der Waals surface area contributed by atoms with Gasteiger partial charge in [-0.25, -0.2) is 0 Å². The Balaban J connectivity index is 4.08. The lowest BCUT2D eigenvalue weighted by atomic mass is 9.81. The molecule has 0 aromatic rings. The van der Waals surface area contributed by atoms with Crippen molar-refractivity contribution in [3.63, 3.8) is 0 Å². The third-order valence-electron chi connectivity index (χ3n) is 2.93. The van der Waals surface area contributed by atoms with Crippen molar-refractivity contribution in [3.8, 4) is 0 Å². The standard InChI is InChI=1S/C13H22O3/c1-5-10(2)7-6-8-13(3,4)11(14)9-12(15)16/h5,10H,1,6-9H2,2-4H3,(H,15,16). The summed E-state index contributed by atoms with van der Waals surface area (Å²) in [5.41, 5.74) is -0.528. The predicted molar refractivity (Wildman–Crippen MR) is 64.3 cm³/mol. The molecule has 1 N–H and O–H groups in total. The lowest BCUT2D eigenvalue weighted by molar-refractivity contribution is -0.142. The van der Waals surface area contributed by atoms with Crippen LogP contribution in [0.1, 0.15) is 46.5 Å². The molecule has 0 rings (SSSR count). The van der Waals surface area contributed by atoms with Crippen LogP contribution < -0.4 is 0 Å². The molecule has 0 spiro atoms. The number of rotatable bonds is 8. The average molecular weight is 226 g/mol. The van der Waals surface area contributed by atoms with E-state index in [0.29, 0.717) is 5.92 Å². The molecule has 0 aromatic heterocycles. The fraction of sp³-hybridized carbons (Fsp3) is 0.692. The summed E-state index contributed by atoms with van der Waals surface area (Å²) >= 11 is 0. The molecule has 0 aliphatic carbocycles. The van der Waals surface area contributed by atoms with E-state index in [0.717, 1.165) is 19.3 Å². The maximum absolute atomic E-state index is 11.6. The normalized spacial score (nSPS) is 13.2. The topological polar surface area (TPSA) is 54.4 Å². The van der Waals surface area contributed by atoms with Gasteiger partial charge in [0, 0.05) is 5.41 Å². The molecule has 16 heavy (non-hydrogen) atoms. The molecule has 0 aliphatic heterocycles. The van der Waals surface area contributed by atoms with Crippen LogP contribution in [0.5, 0.6) is 0 Å². The Kier molecular flexibility index (Phi) is 6.01. The summed E-state index contributed by atoms with van der Waals surface area (Å²) in [6.07, 6.45) is 4.17. The van der Waals surface area contributed by atoms with Crippen LogP contribution in [0.15, 0.2) is 12.7 Å². The second kappa shape index (κ2) is 6.46. The third kappa shape index (κ3) is 5.69. The Hall–Kier alpha value is -1.12. The number of Topliss-reactive ketones (excluding diaryl/α,β-unsaturated/α-hetero) is 1. The minimum Gasteiger partial charge on any atom is -0.481 e. The van der Waals surface area contributed by atoms with Crippen LogP contribution in [0, 0.1) is 11.3 Å². The molecule has 1 unspecified atom stereocenters. The molecular formula is C13H22O3. The van der Waals surface area contributed by atoms with Gasteiger partial charge in [-0.15, -0.1) is 6.58 Å². The highest BCUT2D eigenvalue weighted by atomic mass is 16.4. The molecule has 0 aromatic carbocycles. The Morgan fingerprint density at radius 1 is 1.44 bits per heavy atom.